The average Bonchev–Trinajstić information content (AvgIpc) is 2.78. The van der Waals surface area contributed by atoms with Gasteiger partial charge in [-0.3, -0.25) is 14.5 Å². The molecular weight excluding hydrogens is 318 g/mol. The van der Waals surface area contributed by atoms with Gasteiger partial charge in [0, 0.05) is 6.04 Å². The predicted molar refractivity (Wildman–Crippen MR) is 94.8 cm³/mol. The lowest BCUT2D eigenvalue weighted by Gasteiger charge is -2.22. The smallest absolute Gasteiger partial charge is 0.325 e. The van der Waals surface area contributed by atoms with Crippen LogP contribution in [0.1, 0.15) is 26.3 Å². The van der Waals surface area contributed by atoms with Crippen molar-refractivity contribution in [3.8, 4) is 0 Å². The summed E-state index contributed by atoms with van der Waals surface area (Å²) in [6.07, 6.45) is 0. The summed E-state index contributed by atoms with van der Waals surface area (Å²) in [4.78, 5) is 38.0. The van der Waals surface area contributed by atoms with Gasteiger partial charge in [-0.05, 0) is 43.2 Å². The van der Waals surface area contributed by atoms with Crippen molar-refractivity contribution in [1.82, 2.24) is 15.5 Å². The zero-order valence-corrected chi connectivity index (χ0v) is 14.5. The summed E-state index contributed by atoms with van der Waals surface area (Å²) in [6, 6.07) is 12.8. The van der Waals surface area contributed by atoms with Gasteiger partial charge in [-0.1, -0.05) is 36.4 Å². The molecule has 2 N–H and O–H groups in total. The fourth-order valence-electron chi connectivity index (χ4n) is 3.05. The second kappa shape index (κ2) is 6.20. The Morgan fingerprint density at radius 2 is 1.84 bits per heavy atom. The lowest BCUT2D eigenvalue weighted by molar-refractivity contribution is -0.135. The molecule has 0 aliphatic carbocycles. The molecule has 25 heavy (non-hydrogen) atoms. The van der Waals surface area contributed by atoms with Gasteiger partial charge >= 0.3 is 6.03 Å². The van der Waals surface area contributed by atoms with Crippen molar-refractivity contribution < 1.29 is 14.4 Å². The molecule has 1 fully saturated rings. The van der Waals surface area contributed by atoms with Crippen molar-refractivity contribution in [3.05, 3.63) is 48.0 Å². The Balaban J connectivity index is 1.89. The summed E-state index contributed by atoms with van der Waals surface area (Å²) in [6.45, 7) is 5.02. The summed E-state index contributed by atoms with van der Waals surface area (Å²) in [5, 5.41) is 7.46. The molecule has 2 aromatic rings. The zero-order valence-electron chi connectivity index (χ0n) is 14.5. The minimum Gasteiger partial charge on any atom is -0.352 e. The van der Waals surface area contributed by atoms with Gasteiger partial charge in [0.2, 0.25) is 5.91 Å². The molecular formula is C19H21N3O3. The maximum Gasteiger partial charge on any atom is 0.325 e. The van der Waals surface area contributed by atoms with E-state index >= 15 is 0 Å². The Kier molecular flexibility index (Phi) is 4.20. The number of hydrogen-bond donors (Lipinski definition) is 2. The van der Waals surface area contributed by atoms with Crippen LogP contribution >= 0.6 is 0 Å². The highest BCUT2D eigenvalue weighted by Gasteiger charge is 2.49. The van der Waals surface area contributed by atoms with Crippen LogP contribution in [0.25, 0.3) is 10.8 Å². The molecule has 1 heterocycles. The van der Waals surface area contributed by atoms with Crippen molar-refractivity contribution in [3.63, 3.8) is 0 Å². The first-order valence-corrected chi connectivity index (χ1v) is 8.24. The van der Waals surface area contributed by atoms with Crippen LogP contribution in [0, 0.1) is 0 Å². The zero-order chi connectivity index (χ0) is 18.2. The van der Waals surface area contributed by atoms with Gasteiger partial charge in [0.05, 0.1) is 0 Å². The van der Waals surface area contributed by atoms with Gasteiger partial charge in [0.25, 0.3) is 5.91 Å². The van der Waals surface area contributed by atoms with E-state index in [1.165, 1.54) is 0 Å². The van der Waals surface area contributed by atoms with Crippen LogP contribution in [-0.4, -0.2) is 35.3 Å². The molecule has 130 valence electrons. The van der Waals surface area contributed by atoms with E-state index in [2.05, 4.69) is 10.6 Å². The predicted octanol–water partition coefficient (Wildman–Crippen LogP) is 2.13. The number of urea groups is 1. The van der Waals surface area contributed by atoms with Gasteiger partial charge < -0.3 is 10.6 Å². The number of carbonyl (C=O) groups is 3. The van der Waals surface area contributed by atoms with E-state index < -0.39 is 17.5 Å². The van der Waals surface area contributed by atoms with Gasteiger partial charge in [-0.2, -0.15) is 0 Å². The third kappa shape index (κ3) is 3.07. The number of benzene rings is 2. The molecule has 1 aliphatic rings. The molecule has 0 spiro atoms. The Morgan fingerprint density at radius 1 is 1.16 bits per heavy atom. The topological polar surface area (TPSA) is 78.5 Å². The maximum absolute atomic E-state index is 12.9. The van der Waals surface area contributed by atoms with Crippen molar-refractivity contribution in [2.75, 3.05) is 6.54 Å². The summed E-state index contributed by atoms with van der Waals surface area (Å²) in [7, 11) is 0. The third-order valence-corrected chi connectivity index (χ3v) is 4.35. The Hall–Kier alpha value is -2.89. The first kappa shape index (κ1) is 17.0. The Morgan fingerprint density at radius 3 is 2.52 bits per heavy atom. The minimum atomic E-state index is -1.18. The molecule has 1 atom stereocenters. The minimum absolute atomic E-state index is 0.0554. The normalized spacial score (nSPS) is 20.2. The SMILES string of the molecule is CC(C)NC(=O)CN1C(=O)N[C@@](C)(c2ccc3ccccc3c2)C1=O. The second-order valence-electron chi connectivity index (χ2n) is 6.73. The number of rotatable bonds is 4. The van der Waals surface area contributed by atoms with Crippen LogP contribution in [0.15, 0.2) is 42.5 Å². The molecule has 3 rings (SSSR count). The molecule has 1 saturated heterocycles. The molecule has 0 unspecified atom stereocenters. The molecule has 0 bridgehead atoms. The summed E-state index contributed by atoms with van der Waals surface area (Å²) in [5.41, 5.74) is -0.490. The second-order valence-corrected chi connectivity index (χ2v) is 6.73. The van der Waals surface area contributed by atoms with Crippen molar-refractivity contribution >= 4 is 28.6 Å². The van der Waals surface area contributed by atoms with E-state index in [9.17, 15) is 14.4 Å². The lowest BCUT2D eigenvalue weighted by Crippen LogP contribution is -2.44. The largest absolute Gasteiger partial charge is 0.352 e. The number of amides is 4. The maximum atomic E-state index is 12.9. The van der Waals surface area contributed by atoms with Crippen molar-refractivity contribution in [2.24, 2.45) is 0 Å². The van der Waals surface area contributed by atoms with Crippen LogP contribution in [0.4, 0.5) is 4.79 Å². The lowest BCUT2D eigenvalue weighted by atomic mass is 9.90. The molecule has 2 aromatic carbocycles. The van der Waals surface area contributed by atoms with Crippen molar-refractivity contribution in [2.45, 2.75) is 32.4 Å². The van der Waals surface area contributed by atoms with Gasteiger partial charge in [-0.25, -0.2) is 4.79 Å². The first-order valence-electron chi connectivity index (χ1n) is 8.24. The van der Waals surface area contributed by atoms with Crippen molar-refractivity contribution in [1.29, 1.82) is 0 Å². The third-order valence-electron chi connectivity index (χ3n) is 4.35. The number of nitrogens with zero attached hydrogens (tertiary/aromatic N) is 1. The molecule has 0 aromatic heterocycles. The van der Waals surface area contributed by atoms with E-state index in [4.69, 9.17) is 0 Å². The quantitative estimate of drug-likeness (QED) is 0.838. The number of imide groups is 1. The molecule has 0 saturated carbocycles. The monoisotopic (exact) mass is 339 g/mol. The molecule has 1 aliphatic heterocycles. The van der Waals surface area contributed by atoms with Crippen LogP contribution in [0.2, 0.25) is 0 Å². The molecule has 6 heteroatoms. The van der Waals surface area contributed by atoms with E-state index in [0.29, 0.717) is 5.56 Å². The molecule has 6 nitrogen and oxygen atoms in total. The highest BCUT2D eigenvalue weighted by atomic mass is 16.2. The van der Waals surface area contributed by atoms with Gasteiger partial charge in [0.1, 0.15) is 12.1 Å². The van der Waals surface area contributed by atoms with E-state index in [-0.39, 0.29) is 18.5 Å². The van der Waals surface area contributed by atoms with Gasteiger partial charge in [-0.15, -0.1) is 0 Å². The highest BCUT2D eigenvalue weighted by molar-refractivity contribution is 6.09. The number of carbonyl (C=O) groups excluding carboxylic acids is 3. The summed E-state index contributed by atoms with van der Waals surface area (Å²) in [5.74, 6) is -0.784. The summed E-state index contributed by atoms with van der Waals surface area (Å²) >= 11 is 0. The van der Waals surface area contributed by atoms with E-state index in [0.717, 1.165) is 15.7 Å². The van der Waals surface area contributed by atoms with Crippen LogP contribution in [-0.2, 0) is 15.1 Å². The molecule has 4 amide bonds. The Labute approximate surface area is 146 Å². The summed E-state index contributed by atoms with van der Waals surface area (Å²) < 4.78 is 0. The van der Waals surface area contributed by atoms with Crippen LogP contribution in [0.3, 0.4) is 0 Å². The standard InChI is InChI=1S/C19H21N3O3/c1-12(2)20-16(23)11-22-17(24)19(3,21-18(22)25)15-9-8-13-6-4-5-7-14(13)10-15/h4-10,12H,11H2,1-3H3,(H,20,23)(H,21,25)/t19-/m0/s1. The van der Waals surface area contributed by atoms with Gasteiger partial charge in [0.15, 0.2) is 0 Å². The number of nitrogens with one attached hydrogen (secondary N) is 2. The van der Waals surface area contributed by atoms with Crippen LogP contribution in [0.5, 0.6) is 0 Å². The highest BCUT2D eigenvalue weighted by Crippen LogP contribution is 2.30. The molecule has 0 radical (unpaired) electrons. The average molecular weight is 339 g/mol. The Bertz CT molecular complexity index is 862. The van der Waals surface area contributed by atoms with E-state index in [1.54, 1.807) is 6.92 Å². The fourth-order valence-corrected chi connectivity index (χ4v) is 3.05. The first-order chi connectivity index (χ1) is 11.8. The van der Waals surface area contributed by atoms with E-state index in [1.807, 2.05) is 56.3 Å². The van der Waals surface area contributed by atoms with Crippen LogP contribution < -0.4 is 10.6 Å². The number of hydrogen-bond acceptors (Lipinski definition) is 3. The fraction of sp³-hybridized carbons (Fsp3) is 0.316. The number of fused-ring (bicyclic) bond motifs is 1.